The van der Waals surface area contributed by atoms with Crippen LogP contribution in [-0.4, -0.2) is 37.2 Å². The summed E-state index contributed by atoms with van der Waals surface area (Å²) in [5, 5.41) is 0. The zero-order valence-electron chi connectivity index (χ0n) is 13.6. The maximum atomic E-state index is 11.6. The number of hydrogen-bond donors (Lipinski definition) is 2. The van der Waals surface area contributed by atoms with E-state index in [-0.39, 0.29) is 25.0 Å². The highest BCUT2D eigenvalue weighted by Crippen LogP contribution is 2.08. The molecule has 0 aromatic carbocycles. The molecule has 6 heteroatoms. The molecule has 4 N–H and O–H groups in total. The number of carbonyl (C=O) groups is 2. The minimum Gasteiger partial charge on any atom is -0.464 e. The smallest absolute Gasteiger partial charge is 0.323 e. The van der Waals surface area contributed by atoms with Crippen molar-refractivity contribution in [3.05, 3.63) is 0 Å². The summed E-state index contributed by atoms with van der Waals surface area (Å²) in [6.45, 7) is 8.13. The van der Waals surface area contributed by atoms with Crippen molar-refractivity contribution in [3.63, 3.8) is 0 Å². The van der Waals surface area contributed by atoms with E-state index in [1.807, 2.05) is 27.7 Å². The Bertz CT molecular complexity index is 293. The first kappa shape index (κ1) is 19.9. The van der Waals surface area contributed by atoms with Gasteiger partial charge in [0.1, 0.15) is 12.1 Å². The molecular weight excluding hydrogens is 272 g/mol. The molecule has 0 unspecified atom stereocenters. The Balaban J connectivity index is 3.82. The van der Waals surface area contributed by atoms with Crippen molar-refractivity contribution >= 4 is 11.9 Å². The van der Waals surface area contributed by atoms with Crippen LogP contribution in [-0.2, 0) is 19.1 Å². The largest absolute Gasteiger partial charge is 0.464 e. The Hall–Kier alpha value is -1.14. The van der Waals surface area contributed by atoms with E-state index in [2.05, 4.69) is 0 Å². The van der Waals surface area contributed by atoms with Crippen molar-refractivity contribution in [1.82, 2.24) is 0 Å². The van der Waals surface area contributed by atoms with Crippen molar-refractivity contribution in [3.8, 4) is 0 Å². The molecule has 124 valence electrons. The quantitative estimate of drug-likeness (QED) is 0.464. The third kappa shape index (κ3) is 7.43. The molecule has 0 aromatic rings. The molecule has 0 aliphatic rings. The van der Waals surface area contributed by atoms with E-state index < -0.39 is 24.0 Å². The predicted octanol–water partition coefficient (Wildman–Crippen LogP) is 1.21. The van der Waals surface area contributed by atoms with E-state index in [0.717, 1.165) is 12.8 Å². The van der Waals surface area contributed by atoms with Gasteiger partial charge in [-0.25, -0.2) is 0 Å². The molecule has 21 heavy (non-hydrogen) atoms. The second-order valence-corrected chi connectivity index (χ2v) is 5.51. The third-order valence-electron chi connectivity index (χ3n) is 3.84. The summed E-state index contributed by atoms with van der Waals surface area (Å²) >= 11 is 0. The van der Waals surface area contributed by atoms with Gasteiger partial charge in [-0.15, -0.1) is 0 Å². The highest BCUT2D eigenvalue weighted by Gasteiger charge is 2.22. The number of nitrogens with two attached hydrogens (primary N) is 2. The Labute approximate surface area is 127 Å². The zero-order chi connectivity index (χ0) is 16.4. The number of carbonyl (C=O) groups excluding carboxylic acids is 2. The van der Waals surface area contributed by atoms with E-state index in [0.29, 0.717) is 6.42 Å². The van der Waals surface area contributed by atoms with Crippen LogP contribution in [0.2, 0.25) is 0 Å². The molecule has 4 atom stereocenters. The minimum absolute atomic E-state index is 0.0869. The number of ether oxygens (including phenoxy) is 2. The molecule has 0 heterocycles. The first-order valence-corrected chi connectivity index (χ1v) is 7.69. The Kier molecular flexibility index (Phi) is 9.99. The van der Waals surface area contributed by atoms with Gasteiger partial charge in [0.2, 0.25) is 0 Å². The first-order chi connectivity index (χ1) is 9.84. The Morgan fingerprint density at radius 2 is 1.19 bits per heavy atom. The molecule has 0 aromatic heterocycles. The molecule has 0 aliphatic heterocycles. The maximum Gasteiger partial charge on any atom is 0.323 e. The third-order valence-corrected chi connectivity index (χ3v) is 3.84. The van der Waals surface area contributed by atoms with E-state index in [1.54, 1.807) is 0 Å². The van der Waals surface area contributed by atoms with Crippen molar-refractivity contribution < 1.29 is 19.1 Å². The summed E-state index contributed by atoms with van der Waals surface area (Å²) < 4.78 is 10.1. The van der Waals surface area contributed by atoms with Crippen LogP contribution >= 0.6 is 0 Å². The first-order valence-electron chi connectivity index (χ1n) is 7.69. The lowest BCUT2D eigenvalue weighted by atomic mass is 10.0. The SMILES string of the molecule is CC[C@H](C)[C@H](N)C(=O)OCCCOC(=O)[C@@H](N)[C@@H](C)CC. The van der Waals surface area contributed by atoms with E-state index in [4.69, 9.17) is 20.9 Å². The highest BCUT2D eigenvalue weighted by atomic mass is 16.5. The van der Waals surface area contributed by atoms with E-state index in [1.165, 1.54) is 0 Å². The van der Waals surface area contributed by atoms with Crippen LogP contribution in [0.25, 0.3) is 0 Å². The van der Waals surface area contributed by atoms with E-state index >= 15 is 0 Å². The van der Waals surface area contributed by atoms with Gasteiger partial charge in [-0.1, -0.05) is 40.5 Å². The fourth-order valence-corrected chi connectivity index (χ4v) is 1.57. The molecule has 0 bridgehead atoms. The summed E-state index contributed by atoms with van der Waals surface area (Å²) in [6.07, 6.45) is 2.08. The summed E-state index contributed by atoms with van der Waals surface area (Å²) in [4.78, 5) is 23.2. The molecular formula is C15H30N2O4. The molecule has 0 spiro atoms. The topological polar surface area (TPSA) is 105 Å². The van der Waals surface area contributed by atoms with Gasteiger partial charge < -0.3 is 20.9 Å². The lowest BCUT2D eigenvalue weighted by molar-refractivity contribution is -0.149. The lowest BCUT2D eigenvalue weighted by Crippen LogP contribution is -2.39. The van der Waals surface area contributed by atoms with Crippen LogP contribution in [0.1, 0.15) is 47.0 Å². The lowest BCUT2D eigenvalue weighted by Gasteiger charge is -2.18. The van der Waals surface area contributed by atoms with Crippen LogP contribution in [0.4, 0.5) is 0 Å². The molecule has 0 amide bonds. The fourth-order valence-electron chi connectivity index (χ4n) is 1.57. The van der Waals surface area contributed by atoms with Crippen molar-refractivity contribution in [2.45, 2.75) is 59.0 Å². The molecule has 0 saturated carbocycles. The molecule has 0 aliphatic carbocycles. The van der Waals surface area contributed by atoms with Crippen molar-refractivity contribution in [1.29, 1.82) is 0 Å². The van der Waals surface area contributed by atoms with Gasteiger partial charge in [-0.3, -0.25) is 9.59 Å². The standard InChI is InChI=1S/C15H30N2O4/c1-5-10(3)12(16)14(18)20-8-7-9-21-15(19)13(17)11(4)6-2/h10-13H,5-9,16-17H2,1-4H3/t10-,11-,12-,13-/m0/s1. The van der Waals surface area contributed by atoms with Crippen LogP contribution < -0.4 is 11.5 Å². The molecule has 0 radical (unpaired) electrons. The normalized spacial score (nSPS) is 16.7. The van der Waals surface area contributed by atoms with E-state index in [9.17, 15) is 9.59 Å². The van der Waals surface area contributed by atoms with Gasteiger partial charge in [0.15, 0.2) is 0 Å². The van der Waals surface area contributed by atoms with Gasteiger partial charge >= 0.3 is 11.9 Å². The van der Waals surface area contributed by atoms with Crippen molar-refractivity contribution in [2.75, 3.05) is 13.2 Å². The van der Waals surface area contributed by atoms with Gasteiger partial charge in [0.05, 0.1) is 13.2 Å². The van der Waals surface area contributed by atoms with Crippen LogP contribution in [0, 0.1) is 11.8 Å². The maximum absolute atomic E-state index is 11.6. The molecule has 0 fully saturated rings. The van der Waals surface area contributed by atoms with Crippen LogP contribution in [0.3, 0.4) is 0 Å². The molecule has 6 nitrogen and oxygen atoms in total. The van der Waals surface area contributed by atoms with Gasteiger partial charge in [0.25, 0.3) is 0 Å². The molecule has 0 rings (SSSR count). The summed E-state index contributed by atoms with van der Waals surface area (Å²) in [7, 11) is 0. The number of rotatable bonds is 10. The Morgan fingerprint density at radius 3 is 1.48 bits per heavy atom. The number of esters is 2. The van der Waals surface area contributed by atoms with Gasteiger partial charge in [-0.2, -0.15) is 0 Å². The minimum atomic E-state index is -0.601. The average molecular weight is 302 g/mol. The summed E-state index contributed by atoms with van der Waals surface area (Å²) in [5.41, 5.74) is 11.5. The fraction of sp³-hybridized carbons (Fsp3) is 0.867. The summed E-state index contributed by atoms with van der Waals surface area (Å²) in [5.74, 6) is -0.647. The van der Waals surface area contributed by atoms with Crippen LogP contribution in [0.5, 0.6) is 0 Å². The second-order valence-electron chi connectivity index (χ2n) is 5.51. The Morgan fingerprint density at radius 1 is 0.857 bits per heavy atom. The zero-order valence-corrected chi connectivity index (χ0v) is 13.6. The van der Waals surface area contributed by atoms with Crippen molar-refractivity contribution in [2.24, 2.45) is 23.3 Å². The van der Waals surface area contributed by atoms with Gasteiger partial charge in [-0.05, 0) is 11.8 Å². The summed E-state index contributed by atoms with van der Waals surface area (Å²) in [6, 6.07) is -1.20. The average Bonchev–Trinajstić information content (AvgIpc) is 2.50. The predicted molar refractivity (Wildman–Crippen MR) is 81.4 cm³/mol. The van der Waals surface area contributed by atoms with Gasteiger partial charge in [0, 0.05) is 6.42 Å². The molecule has 0 saturated heterocycles. The second kappa shape index (κ2) is 10.6. The monoisotopic (exact) mass is 302 g/mol. The van der Waals surface area contributed by atoms with Crippen LogP contribution in [0.15, 0.2) is 0 Å². The highest BCUT2D eigenvalue weighted by molar-refractivity contribution is 5.76. The number of hydrogen-bond acceptors (Lipinski definition) is 6.